The van der Waals surface area contributed by atoms with Crippen molar-refractivity contribution in [2.75, 3.05) is 36.4 Å². The molecule has 4 rings (SSSR count). The van der Waals surface area contributed by atoms with Crippen molar-refractivity contribution in [3.8, 4) is 5.75 Å². The van der Waals surface area contributed by atoms with Gasteiger partial charge in [0.2, 0.25) is 0 Å². The molecule has 0 bridgehead atoms. The molecule has 2 N–H and O–H groups in total. The normalized spacial score (nSPS) is 13.3. The van der Waals surface area contributed by atoms with Crippen LogP contribution in [0.2, 0.25) is 0 Å². The maximum atomic E-state index is 12.8. The number of carbonyl (C=O) groups excluding carboxylic acids is 2. The number of amides is 2. The summed E-state index contributed by atoms with van der Waals surface area (Å²) >= 11 is 5.34. The molecule has 2 amide bonds. The third kappa shape index (κ3) is 7.07. The van der Waals surface area contributed by atoms with Crippen molar-refractivity contribution in [1.82, 2.24) is 10.2 Å². The molecule has 0 aromatic heterocycles. The van der Waals surface area contributed by atoms with Gasteiger partial charge in [-0.25, -0.2) is 0 Å². The van der Waals surface area contributed by atoms with E-state index in [1.807, 2.05) is 80.3 Å². The molecule has 0 atom stereocenters. The van der Waals surface area contributed by atoms with Crippen LogP contribution in [0.3, 0.4) is 0 Å². The van der Waals surface area contributed by atoms with Crippen LogP contribution in [0, 0.1) is 6.92 Å². The molecule has 0 spiro atoms. The molecule has 7 nitrogen and oxygen atoms in total. The molecule has 3 aromatic carbocycles. The zero-order valence-electron chi connectivity index (χ0n) is 21.4. The van der Waals surface area contributed by atoms with Gasteiger partial charge in [0.05, 0.1) is 6.10 Å². The summed E-state index contributed by atoms with van der Waals surface area (Å²) in [6.45, 7) is 8.76. The van der Waals surface area contributed by atoms with Crippen LogP contribution in [-0.2, 0) is 0 Å². The standard InChI is InChI=1S/C29H32N4O3S/c1-20(2)36-26-6-4-5-23(19-26)27(34)31-29(37)30-24-11-13-25(14-12-24)32-15-17-33(18-16-32)28(35)22-9-7-21(3)8-10-22/h4-14,19-20H,15-18H2,1-3H3,(H2,30,31,34,37). The predicted octanol–water partition coefficient (Wildman–Crippen LogP) is 4.87. The van der Waals surface area contributed by atoms with Gasteiger partial charge in [-0.1, -0.05) is 23.8 Å². The van der Waals surface area contributed by atoms with Crippen LogP contribution < -0.4 is 20.3 Å². The van der Waals surface area contributed by atoms with Crippen molar-refractivity contribution >= 4 is 40.5 Å². The minimum absolute atomic E-state index is 0.0223. The second-order valence-corrected chi connectivity index (χ2v) is 9.70. The highest BCUT2D eigenvalue weighted by Crippen LogP contribution is 2.21. The third-order valence-electron chi connectivity index (χ3n) is 6.05. The molecule has 0 aliphatic carbocycles. The van der Waals surface area contributed by atoms with E-state index >= 15 is 0 Å². The Morgan fingerprint density at radius 2 is 1.57 bits per heavy atom. The van der Waals surface area contributed by atoms with E-state index in [-0.39, 0.29) is 23.0 Å². The summed E-state index contributed by atoms with van der Waals surface area (Å²) in [6, 6.07) is 22.6. The highest BCUT2D eigenvalue weighted by Gasteiger charge is 2.22. The minimum Gasteiger partial charge on any atom is -0.491 e. The van der Waals surface area contributed by atoms with E-state index in [9.17, 15) is 9.59 Å². The molecule has 0 saturated carbocycles. The fourth-order valence-electron chi connectivity index (χ4n) is 4.12. The Balaban J connectivity index is 1.27. The van der Waals surface area contributed by atoms with E-state index in [0.29, 0.717) is 24.4 Å². The number of thiocarbonyl (C=S) groups is 1. The number of anilines is 2. The van der Waals surface area contributed by atoms with Crippen LogP contribution in [-0.4, -0.2) is 54.1 Å². The molecule has 192 valence electrons. The van der Waals surface area contributed by atoms with Crippen molar-refractivity contribution in [2.24, 2.45) is 0 Å². The second-order valence-electron chi connectivity index (χ2n) is 9.29. The Morgan fingerprint density at radius 3 is 2.22 bits per heavy atom. The average Bonchev–Trinajstić information content (AvgIpc) is 2.89. The molecular formula is C29H32N4O3S. The molecule has 0 radical (unpaired) electrons. The van der Waals surface area contributed by atoms with Crippen LogP contribution in [0.25, 0.3) is 0 Å². The predicted molar refractivity (Wildman–Crippen MR) is 152 cm³/mol. The van der Waals surface area contributed by atoms with Gasteiger partial charge in [0, 0.05) is 48.7 Å². The first kappa shape index (κ1) is 26.2. The zero-order valence-corrected chi connectivity index (χ0v) is 22.2. The van der Waals surface area contributed by atoms with Gasteiger partial charge in [-0.3, -0.25) is 14.9 Å². The lowest BCUT2D eigenvalue weighted by Gasteiger charge is -2.36. The summed E-state index contributed by atoms with van der Waals surface area (Å²) < 4.78 is 5.66. The van der Waals surface area contributed by atoms with E-state index in [0.717, 1.165) is 35.6 Å². The SMILES string of the molecule is Cc1ccc(C(=O)N2CCN(c3ccc(NC(=S)NC(=O)c4cccc(OC(C)C)c4)cc3)CC2)cc1. The van der Waals surface area contributed by atoms with Gasteiger partial charge in [-0.2, -0.15) is 0 Å². The molecule has 1 heterocycles. The minimum atomic E-state index is -0.304. The van der Waals surface area contributed by atoms with Crippen LogP contribution in [0.15, 0.2) is 72.8 Å². The fourth-order valence-corrected chi connectivity index (χ4v) is 4.33. The number of rotatable bonds is 6. The van der Waals surface area contributed by atoms with Crippen molar-refractivity contribution in [3.63, 3.8) is 0 Å². The lowest BCUT2D eigenvalue weighted by molar-refractivity contribution is 0.0746. The molecule has 8 heteroatoms. The number of hydrogen-bond acceptors (Lipinski definition) is 5. The van der Waals surface area contributed by atoms with Crippen molar-refractivity contribution in [2.45, 2.75) is 26.9 Å². The lowest BCUT2D eigenvalue weighted by atomic mass is 10.1. The lowest BCUT2D eigenvalue weighted by Crippen LogP contribution is -2.48. The van der Waals surface area contributed by atoms with Crippen molar-refractivity contribution in [1.29, 1.82) is 0 Å². The third-order valence-corrected chi connectivity index (χ3v) is 6.25. The van der Waals surface area contributed by atoms with Crippen LogP contribution in [0.5, 0.6) is 5.75 Å². The Kier molecular flexibility index (Phi) is 8.40. The molecule has 1 aliphatic heterocycles. The molecule has 1 aliphatic rings. The monoisotopic (exact) mass is 516 g/mol. The maximum absolute atomic E-state index is 12.8. The topological polar surface area (TPSA) is 73.9 Å². The van der Waals surface area contributed by atoms with Crippen molar-refractivity contribution in [3.05, 3.63) is 89.5 Å². The van der Waals surface area contributed by atoms with E-state index < -0.39 is 0 Å². The average molecular weight is 517 g/mol. The molecule has 3 aromatic rings. The Bertz CT molecular complexity index is 1250. The number of piperazine rings is 1. The van der Waals surface area contributed by atoms with Crippen LogP contribution in [0.1, 0.15) is 40.1 Å². The fraction of sp³-hybridized carbons (Fsp3) is 0.276. The maximum Gasteiger partial charge on any atom is 0.257 e. The van der Waals surface area contributed by atoms with E-state index in [1.165, 1.54) is 0 Å². The van der Waals surface area contributed by atoms with Gasteiger partial charge in [0.1, 0.15) is 5.75 Å². The smallest absolute Gasteiger partial charge is 0.257 e. The Labute approximate surface area is 223 Å². The van der Waals surface area contributed by atoms with E-state index in [2.05, 4.69) is 15.5 Å². The molecule has 37 heavy (non-hydrogen) atoms. The Morgan fingerprint density at radius 1 is 0.892 bits per heavy atom. The summed E-state index contributed by atoms with van der Waals surface area (Å²) in [7, 11) is 0. The van der Waals surface area contributed by atoms with Gasteiger partial charge < -0.3 is 19.9 Å². The molecule has 1 fully saturated rings. The highest BCUT2D eigenvalue weighted by atomic mass is 32.1. The number of nitrogens with zero attached hydrogens (tertiary/aromatic N) is 2. The van der Waals surface area contributed by atoms with E-state index in [1.54, 1.807) is 18.2 Å². The number of nitrogens with one attached hydrogen (secondary N) is 2. The Hall–Kier alpha value is -3.91. The summed E-state index contributed by atoms with van der Waals surface area (Å²) in [4.78, 5) is 29.5. The first-order valence-electron chi connectivity index (χ1n) is 12.4. The van der Waals surface area contributed by atoms with Gasteiger partial charge in [0.15, 0.2) is 5.11 Å². The van der Waals surface area contributed by atoms with Gasteiger partial charge in [0.25, 0.3) is 11.8 Å². The highest BCUT2D eigenvalue weighted by molar-refractivity contribution is 7.80. The van der Waals surface area contributed by atoms with E-state index in [4.69, 9.17) is 17.0 Å². The quantitative estimate of drug-likeness (QED) is 0.456. The molecule has 0 unspecified atom stereocenters. The van der Waals surface area contributed by atoms with Gasteiger partial charge in [-0.05, 0) is 87.6 Å². The molecule has 1 saturated heterocycles. The largest absolute Gasteiger partial charge is 0.491 e. The summed E-state index contributed by atoms with van der Waals surface area (Å²) in [5.41, 5.74) is 4.19. The van der Waals surface area contributed by atoms with Crippen molar-refractivity contribution < 1.29 is 14.3 Å². The summed E-state index contributed by atoms with van der Waals surface area (Å²) in [5, 5.41) is 5.99. The number of benzene rings is 3. The number of hydrogen-bond donors (Lipinski definition) is 2. The van der Waals surface area contributed by atoms with Gasteiger partial charge in [-0.15, -0.1) is 0 Å². The van der Waals surface area contributed by atoms with Crippen LogP contribution in [0.4, 0.5) is 11.4 Å². The van der Waals surface area contributed by atoms with Crippen LogP contribution >= 0.6 is 12.2 Å². The van der Waals surface area contributed by atoms with Gasteiger partial charge >= 0.3 is 0 Å². The number of carbonyl (C=O) groups is 2. The first-order chi connectivity index (χ1) is 17.8. The summed E-state index contributed by atoms with van der Waals surface area (Å²) in [6.07, 6.45) is 0.0223. The summed E-state index contributed by atoms with van der Waals surface area (Å²) in [5.74, 6) is 0.410. The first-order valence-corrected chi connectivity index (χ1v) is 12.8. The molecular weight excluding hydrogens is 484 g/mol. The zero-order chi connectivity index (χ0) is 26.4. The number of aryl methyl sites for hydroxylation is 1. The number of ether oxygens (including phenoxy) is 1. The second kappa shape index (κ2) is 11.9.